The summed E-state index contributed by atoms with van der Waals surface area (Å²) >= 11 is 5.93. The minimum atomic E-state index is -4.70. The van der Waals surface area contributed by atoms with Gasteiger partial charge in [-0.05, 0) is 50.7 Å². The summed E-state index contributed by atoms with van der Waals surface area (Å²) in [7, 11) is 0. The highest BCUT2D eigenvalue weighted by atomic mass is 35.5. The minimum absolute atomic E-state index is 0.0585. The average molecular weight is 611 g/mol. The van der Waals surface area contributed by atoms with E-state index < -0.39 is 53.0 Å². The predicted octanol–water partition coefficient (Wildman–Crippen LogP) is 2.49. The number of likely N-dealkylation sites (tertiary alicyclic amines) is 1. The zero-order chi connectivity index (χ0) is 30.9. The zero-order valence-corrected chi connectivity index (χ0v) is 24.2. The van der Waals surface area contributed by atoms with Gasteiger partial charge in [-0.25, -0.2) is 5.01 Å². The van der Waals surface area contributed by atoms with E-state index >= 15 is 0 Å². The van der Waals surface area contributed by atoms with Crippen LogP contribution in [-0.2, 0) is 25.7 Å². The maximum atomic E-state index is 13.9. The fourth-order valence-electron chi connectivity index (χ4n) is 5.01. The first-order chi connectivity index (χ1) is 19.6. The number of ether oxygens (including phenoxy) is 1. The predicted molar refractivity (Wildman–Crippen MR) is 150 cm³/mol. The molecule has 10 nitrogen and oxygen atoms in total. The Balaban J connectivity index is 1.60. The van der Waals surface area contributed by atoms with Gasteiger partial charge in [-0.15, -0.1) is 0 Å². The van der Waals surface area contributed by atoms with Gasteiger partial charge in [-0.2, -0.15) is 18.3 Å². The Labute approximate surface area is 246 Å². The quantitative estimate of drug-likeness (QED) is 0.394. The molecule has 42 heavy (non-hydrogen) atoms. The third kappa shape index (κ3) is 6.47. The van der Waals surface area contributed by atoms with Crippen LogP contribution in [0, 0.1) is 5.41 Å². The van der Waals surface area contributed by atoms with E-state index in [-0.39, 0.29) is 38.4 Å². The summed E-state index contributed by atoms with van der Waals surface area (Å²) in [6, 6.07) is 2.80. The van der Waals surface area contributed by atoms with Gasteiger partial charge in [0.25, 0.3) is 5.91 Å². The normalized spacial score (nSPS) is 23.7. The molecule has 1 aromatic carbocycles. The van der Waals surface area contributed by atoms with Crippen LogP contribution in [0.3, 0.4) is 0 Å². The van der Waals surface area contributed by atoms with E-state index in [0.717, 1.165) is 12.5 Å². The Morgan fingerprint density at radius 3 is 2.55 bits per heavy atom. The second-order valence-corrected chi connectivity index (χ2v) is 11.6. The summed E-state index contributed by atoms with van der Waals surface area (Å²) in [6.07, 6.45) is 1.96. The van der Waals surface area contributed by atoms with E-state index in [1.807, 2.05) is 0 Å². The number of rotatable bonds is 9. The maximum absolute atomic E-state index is 13.9. The van der Waals surface area contributed by atoms with E-state index in [9.17, 15) is 27.6 Å². The summed E-state index contributed by atoms with van der Waals surface area (Å²) in [5, 5.41) is 10.8. The molecule has 3 amide bonds. The first kappa shape index (κ1) is 31.5. The first-order valence-corrected chi connectivity index (χ1v) is 13.8. The number of nitrogens with one attached hydrogen (secondary N) is 2. The van der Waals surface area contributed by atoms with Gasteiger partial charge in [0.15, 0.2) is 0 Å². The van der Waals surface area contributed by atoms with Gasteiger partial charge >= 0.3 is 6.18 Å². The highest BCUT2D eigenvalue weighted by Gasteiger charge is 2.61. The van der Waals surface area contributed by atoms with Crippen molar-refractivity contribution < 1.29 is 32.3 Å². The second-order valence-electron chi connectivity index (χ2n) is 11.2. The molecule has 0 bridgehead atoms. The lowest BCUT2D eigenvalue weighted by atomic mass is 9.71. The third-order valence-corrected chi connectivity index (χ3v) is 7.77. The molecule has 3 heterocycles. The first-order valence-electron chi connectivity index (χ1n) is 13.4. The standard InChI is InChI=1S/C28H34ClF3N6O4/c1-17(28(30,31)32)38-25(41)27(21-6-4-5-12-34-21)16-37(13-11-22(27)36-38)23(39)20(35-24(40)26(2,3)33)15-42-14-18-7-9-19(29)10-8-18/h4-10,12,17,20-21,34H,11,13-16,33H2,1-3H3,(H,35,40)/t17-,20?,21?,27-/m1/s1. The number of benzene rings is 1. The van der Waals surface area contributed by atoms with Crippen LogP contribution in [0.25, 0.3) is 0 Å². The van der Waals surface area contributed by atoms with Gasteiger partial charge < -0.3 is 26.0 Å². The fourth-order valence-corrected chi connectivity index (χ4v) is 5.14. The van der Waals surface area contributed by atoms with Crippen LogP contribution in [0.5, 0.6) is 0 Å². The molecule has 1 saturated heterocycles. The summed E-state index contributed by atoms with van der Waals surface area (Å²) in [5.74, 6) is -2.03. The number of carbonyl (C=O) groups is 3. The van der Waals surface area contributed by atoms with Crippen LogP contribution in [0.15, 0.2) is 53.8 Å². The highest BCUT2D eigenvalue weighted by molar-refractivity contribution is 6.30. The number of halogens is 4. The molecule has 0 radical (unpaired) electrons. The number of amides is 3. The summed E-state index contributed by atoms with van der Waals surface area (Å²) < 4.78 is 46.8. The van der Waals surface area contributed by atoms with Gasteiger partial charge in [-0.3, -0.25) is 14.4 Å². The molecule has 0 spiro atoms. The topological polar surface area (TPSA) is 129 Å². The maximum Gasteiger partial charge on any atom is 0.410 e. The van der Waals surface area contributed by atoms with Crippen LogP contribution in [0.1, 0.15) is 32.8 Å². The number of dihydropyridines is 1. The second kappa shape index (κ2) is 12.1. The molecular weight excluding hydrogens is 577 g/mol. The largest absolute Gasteiger partial charge is 0.410 e. The van der Waals surface area contributed by atoms with Crippen molar-refractivity contribution in [3.8, 4) is 0 Å². The molecule has 1 aromatic rings. The van der Waals surface area contributed by atoms with Crippen molar-refractivity contribution in [3.63, 3.8) is 0 Å². The van der Waals surface area contributed by atoms with Crippen molar-refractivity contribution in [1.29, 1.82) is 0 Å². The van der Waals surface area contributed by atoms with Crippen molar-refractivity contribution in [2.75, 3.05) is 19.7 Å². The number of piperidine rings is 1. The van der Waals surface area contributed by atoms with E-state index in [4.69, 9.17) is 22.1 Å². The Morgan fingerprint density at radius 2 is 1.95 bits per heavy atom. The lowest BCUT2D eigenvalue weighted by Crippen LogP contribution is -2.65. The molecule has 228 valence electrons. The number of nitrogens with two attached hydrogens (primary N) is 1. The van der Waals surface area contributed by atoms with Gasteiger partial charge in [0.1, 0.15) is 17.5 Å². The monoisotopic (exact) mass is 610 g/mol. The number of allylic oxidation sites excluding steroid dienone is 2. The number of carbonyl (C=O) groups excluding carboxylic acids is 3. The van der Waals surface area contributed by atoms with Gasteiger partial charge in [0, 0.05) is 24.5 Å². The van der Waals surface area contributed by atoms with E-state index in [1.165, 1.54) is 18.7 Å². The van der Waals surface area contributed by atoms with E-state index in [0.29, 0.717) is 10.0 Å². The number of hydrogen-bond acceptors (Lipinski definition) is 7. The van der Waals surface area contributed by atoms with Crippen molar-refractivity contribution in [3.05, 3.63) is 59.3 Å². The lowest BCUT2D eigenvalue weighted by Gasteiger charge is -2.44. The Kier molecular flexibility index (Phi) is 9.05. The summed E-state index contributed by atoms with van der Waals surface area (Å²) in [4.78, 5) is 41.9. The molecule has 4 atom stereocenters. The molecule has 0 aliphatic carbocycles. The molecule has 2 unspecified atom stereocenters. The van der Waals surface area contributed by atoms with Gasteiger partial charge in [-0.1, -0.05) is 35.9 Å². The van der Waals surface area contributed by atoms with Crippen molar-refractivity contribution in [2.24, 2.45) is 16.3 Å². The summed E-state index contributed by atoms with van der Waals surface area (Å²) in [6.45, 7) is 3.56. The van der Waals surface area contributed by atoms with Crippen molar-refractivity contribution in [1.82, 2.24) is 20.5 Å². The molecule has 14 heteroatoms. The number of nitrogens with zero attached hydrogens (tertiary/aromatic N) is 3. The number of hydrazone groups is 1. The minimum Gasteiger partial charge on any atom is -0.383 e. The van der Waals surface area contributed by atoms with E-state index in [2.05, 4.69) is 15.7 Å². The third-order valence-electron chi connectivity index (χ3n) is 7.52. The smallest absolute Gasteiger partial charge is 0.383 e. The number of fused-ring (bicyclic) bond motifs is 1. The van der Waals surface area contributed by atoms with Crippen LogP contribution in [0.4, 0.5) is 13.2 Å². The van der Waals surface area contributed by atoms with Crippen molar-refractivity contribution in [2.45, 2.75) is 63.6 Å². The molecule has 3 aliphatic rings. The molecule has 1 fully saturated rings. The zero-order valence-electron chi connectivity index (χ0n) is 23.5. The molecule has 3 aliphatic heterocycles. The lowest BCUT2D eigenvalue weighted by molar-refractivity contribution is -0.187. The summed E-state index contributed by atoms with van der Waals surface area (Å²) in [5.41, 5.74) is 4.10. The Bertz CT molecular complexity index is 1290. The number of hydrogen-bond donors (Lipinski definition) is 3. The molecule has 4 rings (SSSR count). The molecule has 4 N–H and O–H groups in total. The molecule has 0 aromatic heterocycles. The van der Waals surface area contributed by atoms with Crippen molar-refractivity contribution >= 4 is 35.0 Å². The van der Waals surface area contributed by atoms with Crippen LogP contribution >= 0.6 is 11.6 Å². The van der Waals surface area contributed by atoms with Gasteiger partial charge in [0.2, 0.25) is 11.8 Å². The SMILES string of the molecule is C[C@@H](N1N=C2CCN(C(=O)C(COCc3ccc(Cl)cc3)NC(=O)C(C)(C)N)C[C@]2(C2C=CC=CN2)C1=O)C(F)(F)F. The highest BCUT2D eigenvalue weighted by Crippen LogP contribution is 2.42. The fraction of sp³-hybridized carbons (Fsp3) is 0.500. The Morgan fingerprint density at radius 1 is 1.26 bits per heavy atom. The number of alkyl halides is 3. The van der Waals surface area contributed by atoms with Gasteiger partial charge in [0.05, 0.1) is 30.5 Å². The molecular formula is C28H34ClF3N6O4. The van der Waals surface area contributed by atoms with E-state index in [1.54, 1.807) is 48.7 Å². The Hall–Kier alpha value is -3.42. The van der Waals surface area contributed by atoms with Crippen LogP contribution in [0.2, 0.25) is 5.02 Å². The van der Waals surface area contributed by atoms with Crippen LogP contribution < -0.4 is 16.4 Å². The van der Waals surface area contributed by atoms with Crippen LogP contribution in [-0.4, -0.2) is 82.9 Å². The average Bonchev–Trinajstić information content (AvgIpc) is 3.24. The molecule has 0 saturated carbocycles.